The van der Waals surface area contributed by atoms with Crippen molar-refractivity contribution < 1.29 is 0 Å². The van der Waals surface area contributed by atoms with E-state index >= 15 is 0 Å². The smallest absolute Gasteiger partial charge is 0.0866 e. The molecule has 0 atom stereocenters. The molecule has 1 heterocycles. The highest BCUT2D eigenvalue weighted by Crippen LogP contribution is 2.46. The summed E-state index contributed by atoms with van der Waals surface area (Å²) < 4.78 is 1.18. The van der Waals surface area contributed by atoms with Gasteiger partial charge in [0.25, 0.3) is 0 Å². The number of halogens is 1. The Hall–Kier alpha value is -0.760. The van der Waals surface area contributed by atoms with Gasteiger partial charge in [-0.25, -0.2) is 0 Å². The molecule has 2 aromatic rings. The van der Waals surface area contributed by atoms with Gasteiger partial charge in [-0.1, -0.05) is 18.2 Å². The van der Waals surface area contributed by atoms with E-state index in [4.69, 9.17) is 0 Å². The Balaban J connectivity index is 2.37. The highest BCUT2D eigenvalue weighted by molar-refractivity contribution is 9.10. The van der Waals surface area contributed by atoms with E-state index in [1.54, 1.807) is 0 Å². The summed E-state index contributed by atoms with van der Waals surface area (Å²) in [5.41, 5.74) is 4.11. The monoisotopic (exact) mass is 249 g/mol. The van der Waals surface area contributed by atoms with Crippen LogP contribution in [0.3, 0.4) is 0 Å². The Morgan fingerprint density at radius 2 is 2.14 bits per heavy atom. The number of benzene rings is 1. The minimum atomic E-state index is 0.792. The molecule has 14 heavy (non-hydrogen) atoms. The second-order valence-corrected chi connectivity index (χ2v) is 4.92. The van der Waals surface area contributed by atoms with Crippen LogP contribution in [0.1, 0.15) is 29.9 Å². The fourth-order valence-corrected chi connectivity index (χ4v) is 2.86. The summed E-state index contributed by atoms with van der Waals surface area (Å²) in [5, 5.41) is 1.40. The average molecular weight is 250 g/mol. The van der Waals surface area contributed by atoms with Crippen LogP contribution in [-0.2, 0) is 0 Å². The van der Waals surface area contributed by atoms with Crippen LogP contribution in [0.25, 0.3) is 10.9 Å². The fraction of sp³-hybridized carbons (Fsp3) is 0.333. The molecule has 3 rings (SSSR count). The van der Waals surface area contributed by atoms with Crippen LogP contribution in [0, 0.1) is 6.92 Å². The van der Waals surface area contributed by atoms with Gasteiger partial charge in [-0.15, -0.1) is 0 Å². The van der Waals surface area contributed by atoms with Crippen molar-refractivity contribution >= 4 is 26.8 Å². The quantitative estimate of drug-likeness (QED) is 0.783. The Kier molecular flexibility index (Phi) is 1.75. The molecule has 1 aliphatic carbocycles. The number of para-hydroxylation sites is 1. The number of nitrogens with one attached hydrogen (secondary N) is 1. The zero-order valence-electron chi connectivity index (χ0n) is 8.10. The van der Waals surface area contributed by atoms with Crippen LogP contribution < -0.4 is 0 Å². The third kappa shape index (κ3) is 1.13. The lowest BCUT2D eigenvalue weighted by molar-refractivity contribution is 1.13. The SMILES string of the molecule is Cc1cccc2c(C3CC3)c(Br)[nH]c12. The van der Waals surface area contributed by atoms with Gasteiger partial charge >= 0.3 is 0 Å². The molecular weight excluding hydrogens is 238 g/mol. The molecule has 0 radical (unpaired) electrons. The Bertz CT molecular complexity index is 494. The van der Waals surface area contributed by atoms with E-state index in [0.717, 1.165) is 5.92 Å². The van der Waals surface area contributed by atoms with Gasteiger partial charge < -0.3 is 4.98 Å². The first-order valence-electron chi connectivity index (χ1n) is 5.04. The van der Waals surface area contributed by atoms with Crippen molar-refractivity contribution in [3.63, 3.8) is 0 Å². The predicted molar refractivity (Wildman–Crippen MR) is 62.7 cm³/mol. The van der Waals surface area contributed by atoms with Crippen molar-refractivity contribution in [2.45, 2.75) is 25.7 Å². The first-order valence-corrected chi connectivity index (χ1v) is 5.83. The van der Waals surface area contributed by atoms with E-state index in [9.17, 15) is 0 Å². The zero-order chi connectivity index (χ0) is 9.71. The molecule has 2 heteroatoms. The molecule has 1 aromatic carbocycles. The van der Waals surface area contributed by atoms with Crippen LogP contribution in [0.4, 0.5) is 0 Å². The highest BCUT2D eigenvalue weighted by atomic mass is 79.9. The summed E-state index contributed by atoms with van der Waals surface area (Å²) in [4.78, 5) is 3.43. The third-order valence-corrected chi connectivity index (χ3v) is 3.65. The summed E-state index contributed by atoms with van der Waals surface area (Å²) in [6.45, 7) is 2.15. The van der Waals surface area contributed by atoms with Gasteiger partial charge in [0, 0.05) is 10.9 Å². The molecule has 0 bridgehead atoms. The highest BCUT2D eigenvalue weighted by Gasteiger charge is 2.28. The maximum atomic E-state index is 3.63. The minimum Gasteiger partial charge on any atom is -0.349 e. The molecule has 1 nitrogen and oxygen atoms in total. The number of aryl methyl sites for hydroxylation is 1. The number of hydrogen-bond donors (Lipinski definition) is 1. The number of aromatic nitrogens is 1. The number of H-pyrrole nitrogens is 1. The van der Waals surface area contributed by atoms with Crippen LogP contribution in [0.2, 0.25) is 0 Å². The van der Waals surface area contributed by atoms with Crippen molar-refractivity contribution in [1.82, 2.24) is 4.98 Å². The summed E-state index contributed by atoms with van der Waals surface area (Å²) in [5.74, 6) is 0.792. The summed E-state index contributed by atoms with van der Waals surface area (Å²) in [6, 6.07) is 6.52. The van der Waals surface area contributed by atoms with Gasteiger partial charge in [0.1, 0.15) is 0 Å². The molecule has 0 unspecified atom stereocenters. The molecule has 1 fully saturated rings. The number of rotatable bonds is 1. The second-order valence-electron chi connectivity index (χ2n) is 4.12. The summed E-state index contributed by atoms with van der Waals surface area (Å²) >= 11 is 3.63. The summed E-state index contributed by atoms with van der Waals surface area (Å²) in [6.07, 6.45) is 2.69. The first kappa shape index (κ1) is 8.54. The standard InChI is InChI=1S/C12H12BrN/c1-7-3-2-4-9-10(8-5-6-8)12(13)14-11(7)9/h2-4,8,14H,5-6H2,1H3. The van der Waals surface area contributed by atoms with Gasteiger partial charge in [0.05, 0.1) is 4.60 Å². The van der Waals surface area contributed by atoms with Crippen molar-refractivity contribution in [2.24, 2.45) is 0 Å². The number of hydrogen-bond acceptors (Lipinski definition) is 0. The van der Waals surface area contributed by atoms with E-state index < -0.39 is 0 Å². The average Bonchev–Trinajstić information content (AvgIpc) is 2.91. The van der Waals surface area contributed by atoms with E-state index in [0.29, 0.717) is 0 Å². The lowest BCUT2D eigenvalue weighted by Gasteiger charge is -1.97. The van der Waals surface area contributed by atoms with Crippen LogP contribution in [0.5, 0.6) is 0 Å². The van der Waals surface area contributed by atoms with Crippen molar-refractivity contribution in [3.8, 4) is 0 Å². The van der Waals surface area contributed by atoms with E-state index in [1.807, 2.05) is 0 Å². The molecule has 0 saturated heterocycles. The Labute approximate surface area is 91.6 Å². The lowest BCUT2D eigenvalue weighted by Crippen LogP contribution is -1.77. The third-order valence-electron chi connectivity index (χ3n) is 3.02. The van der Waals surface area contributed by atoms with Crippen molar-refractivity contribution in [2.75, 3.05) is 0 Å². The van der Waals surface area contributed by atoms with Crippen molar-refractivity contribution in [1.29, 1.82) is 0 Å². The normalized spacial score (nSPS) is 16.4. The molecule has 0 spiro atoms. The number of fused-ring (bicyclic) bond motifs is 1. The van der Waals surface area contributed by atoms with Crippen LogP contribution >= 0.6 is 15.9 Å². The number of aromatic amines is 1. The molecule has 1 saturated carbocycles. The van der Waals surface area contributed by atoms with Gasteiger partial charge in [-0.3, -0.25) is 0 Å². The van der Waals surface area contributed by atoms with Crippen molar-refractivity contribution in [3.05, 3.63) is 33.9 Å². The molecule has 0 aliphatic heterocycles. The molecule has 1 N–H and O–H groups in total. The van der Waals surface area contributed by atoms with Gasteiger partial charge in [0.2, 0.25) is 0 Å². The maximum Gasteiger partial charge on any atom is 0.0866 e. The fourth-order valence-electron chi connectivity index (χ4n) is 2.12. The Morgan fingerprint density at radius 1 is 1.36 bits per heavy atom. The lowest BCUT2D eigenvalue weighted by atomic mass is 10.1. The second kappa shape index (κ2) is 2.86. The first-order chi connectivity index (χ1) is 6.77. The molecule has 1 aliphatic rings. The largest absolute Gasteiger partial charge is 0.349 e. The van der Waals surface area contributed by atoms with E-state index in [1.165, 1.54) is 39.5 Å². The summed E-state index contributed by atoms with van der Waals surface area (Å²) in [7, 11) is 0. The molecule has 72 valence electrons. The zero-order valence-corrected chi connectivity index (χ0v) is 9.69. The molecule has 0 amide bonds. The van der Waals surface area contributed by atoms with Gasteiger partial charge in [0.15, 0.2) is 0 Å². The molecule has 1 aromatic heterocycles. The Morgan fingerprint density at radius 3 is 2.86 bits per heavy atom. The van der Waals surface area contributed by atoms with Crippen LogP contribution in [-0.4, -0.2) is 4.98 Å². The van der Waals surface area contributed by atoms with E-state index in [-0.39, 0.29) is 0 Å². The topological polar surface area (TPSA) is 15.8 Å². The molecular formula is C12H12BrN. The van der Waals surface area contributed by atoms with E-state index in [2.05, 4.69) is 46.0 Å². The predicted octanol–water partition coefficient (Wildman–Crippen LogP) is 4.12. The van der Waals surface area contributed by atoms with Gasteiger partial charge in [-0.2, -0.15) is 0 Å². The van der Waals surface area contributed by atoms with Crippen LogP contribution in [0.15, 0.2) is 22.8 Å². The minimum absolute atomic E-state index is 0.792. The van der Waals surface area contributed by atoms with Gasteiger partial charge in [-0.05, 0) is 52.7 Å². The maximum absolute atomic E-state index is 3.63.